The van der Waals surface area contributed by atoms with Crippen LogP contribution in [0.1, 0.15) is 29.0 Å². The lowest BCUT2D eigenvalue weighted by Gasteiger charge is -2.23. The molecule has 0 aromatic carbocycles. The Morgan fingerprint density at radius 3 is 2.76 bits per heavy atom. The van der Waals surface area contributed by atoms with Crippen molar-refractivity contribution in [2.75, 3.05) is 11.4 Å². The zero-order chi connectivity index (χ0) is 12.4. The number of hydrogen-bond acceptors (Lipinski definition) is 4. The number of anilines is 1. The molecule has 1 saturated carbocycles. The number of aldehydes is 1. The van der Waals surface area contributed by atoms with Crippen molar-refractivity contribution in [3.63, 3.8) is 0 Å². The fourth-order valence-corrected chi connectivity index (χ4v) is 2.04. The molecule has 0 radical (unpaired) electrons. The van der Waals surface area contributed by atoms with E-state index in [0.29, 0.717) is 29.8 Å². The molecule has 1 fully saturated rings. The van der Waals surface area contributed by atoms with Gasteiger partial charge in [-0.15, -0.1) is 6.58 Å². The van der Waals surface area contributed by atoms with Crippen molar-refractivity contribution in [3.05, 3.63) is 29.2 Å². The van der Waals surface area contributed by atoms with Gasteiger partial charge in [-0.05, 0) is 19.8 Å². The first kappa shape index (κ1) is 12.0. The monoisotopic (exact) mass is 251 g/mol. The number of nitrogens with zero attached hydrogens (tertiary/aromatic N) is 3. The highest BCUT2D eigenvalue weighted by Gasteiger charge is 2.31. The standard InChI is InChI=1S/C12H14ClN3O/c1-3-6-16(9-4-5-9)12-10(7-17)11(13)14-8(2)15-12/h3,7,9H,1,4-6H2,2H3. The van der Waals surface area contributed by atoms with Crippen LogP contribution in [0.4, 0.5) is 5.82 Å². The molecule has 17 heavy (non-hydrogen) atoms. The smallest absolute Gasteiger partial charge is 0.156 e. The Balaban J connectivity index is 2.46. The number of halogens is 1. The maximum Gasteiger partial charge on any atom is 0.156 e. The largest absolute Gasteiger partial charge is 0.349 e. The van der Waals surface area contributed by atoms with Crippen molar-refractivity contribution in [2.45, 2.75) is 25.8 Å². The van der Waals surface area contributed by atoms with Crippen LogP contribution in [0.3, 0.4) is 0 Å². The predicted molar refractivity (Wildman–Crippen MR) is 67.7 cm³/mol. The summed E-state index contributed by atoms with van der Waals surface area (Å²) in [6.07, 6.45) is 4.76. The topological polar surface area (TPSA) is 46.1 Å². The van der Waals surface area contributed by atoms with Crippen LogP contribution in [0.2, 0.25) is 5.15 Å². The molecule has 1 heterocycles. The van der Waals surface area contributed by atoms with Crippen LogP contribution >= 0.6 is 11.6 Å². The molecular formula is C12H14ClN3O. The first-order valence-electron chi connectivity index (χ1n) is 5.54. The first-order chi connectivity index (χ1) is 8.17. The predicted octanol–water partition coefficient (Wildman–Crippen LogP) is 2.41. The minimum atomic E-state index is 0.220. The van der Waals surface area contributed by atoms with E-state index < -0.39 is 0 Å². The summed E-state index contributed by atoms with van der Waals surface area (Å²) in [7, 11) is 0. The van der Waals surface area contributed by atoms with Crippen LogP contribution in [0, 0.1) is 6.92 Å². The van der Waals surface area contributed by atoms with Gasteiger partial charge in [-0.1, -0.05) is 17.7 Å². The van der Waals surface area contributed by atoms with E-state index in [1.807, 2.05) is 0 Å². The highest BCUT2D eigenvalue weighted by atomic mass is 35.5. The summed E-state index contributed by atoms with van der Waals surface area (Å²) in [5.74, 6) is 1.20. The molecule has 4 nitrogen and oxygen atoms in total. The van der Waals surface area contributed by atoms with Crippen molar-refractivity contribution in [1.29, 1.82) is 0 Å². The van der Waals surface area contributed by atoms with Gasteiger partial charge in [0.25, 0.3) is 0 Å². The molecule has 0 saturated heterocycles. The van der Waals surface area contributed by atoms with Crippen LogP contribution in [-0.2, 0) is 0 Å². The van der Waals surface area contributed by atoms with Crippen molar-refractivity contribution >= 4 is 23.7 Å². The SMILES string of the molecule is C=CCN(c1nc(C)nc(Cl)c1C=O)C1CC1. The van der Waals surface area contributed by atoms with Gasteiger partial charge in [-0.2, -0.15) is 0 Å². The number of rotatable bonds is 5. The second-order valence-corrected chi connectivity index (χ2v) is 4.45. The zero-order valence-corrected chi connectivity index (χ0v) is 10.4. The Bertz CT molecular complexity index is 457. The Kier molecular flexibility index (Phi) is 3.43. The van der Waals surface area contributed by atoms with Gasteiger partial charge >= 0.3 is 0 Å². The summed E-state index contributed by atoms with van der Waals surface area (Å²) in [4.78, 5) is 21.5. The summed E-state index contributed by atoms with van der Waals surface area (Å²) in [5, 5.41) is 0.220. The molecule has 90 valence electrons. The molecule has 1 aromatic heterocycles. The average Bonchev–Trinajstić information content (AvgIpc) is 3.08. The maximum atomic E-state index is 11.1. The van der Waals surface area contributed by atoms with Crippen LogP contribution in [0.15, 0.2) is 12.7 Å². The third kappa shape index (κ3) is 2.47. The van der Waals surface area contributed by atoms with E-state index in [4.69, 9.17) is 11.6 Å². The Hall–Kier alpha value is -1.42. The van der Waals surface area contributed by atoms with Gasteiger partial charge in [0.1, 0.15) is 16.8 Å². The van der Waals surface area contributed by atoms with Gasteiger partial charge in [-0.25, -0.2) is 9.97 Å². The van der Waals surface area contributed by atoms with Crippen LogP contribution in [-0.4, -0.2) is 28.8 Å². The average molecular weight is 252 g/mol. The molecule has 0 atom stereocenters. The first-order valence-corrected chi connectivity index (χ1v) is 5.92. The van der Waals surface area contributed by atoms with Gasteiger partial charge in [0, 0.05) is 12.6 Å². The molecule has 0 bridgehead atoms. The highest BCUT2D eigenvalue weighted by molar-refractivity contribution is 6.32. The van der Waals surface area contributed by atoms with E-state index in [1.54, 1.807) is 13.0 Å². The maximum absolute atomic E-state index is 11.1. The van der Waals surface area contributed by atoms with Gasteiger partial charge in [0.2, 0.25) is 0 Å². The number of carbonyl (C=O) groups is 1. The second kappa shape index (κ2) is 4.84. The fraction of sp³-hybridized carbons (Fsp3) is 0.417. The van der Waals surface area contributed by atoms with Gasteiger partial charge in [0.15, 0.2) is 6.29 Å². The lowest BCUT2D eigenvalue weighted by molar-refractivity contribution is 0.112. The molecule has 0 N–H and O–H groups in total. The summed E-state index contributed by atoms with van der Waals surface area (Å²) in [6.45, 7) is 6.16. The molecule has 2 rings (SSSR count). The highest BCUT2D eigenvalue weighted by Crippen LogP contribution is 2.33. The summed E-state index contributed by atoms with van der Waals surface area (Å²) in [5.41, 5.74) is 0.367. The van der Waals surface area contributed by atoms with Gasteiger partial charge < -0.3 is 4.90 Å². The van der Waals surface area contributed by atoms with Crippen molar-refractivity contribution in [1.82, 2.24) is 9.97 Å². The molecule has 1 aliphatic rings. The van der Waals surface area contributed by atoms with Gasteiger partial charge in [0.05, 0.1) is 5.56 Å². The van der Waals surface area contributed by atoms with Crippen molar-refractivity contribution < 1.29 is 4.79 Å². The number of hydrogen-bond donors (Lipinski definition) is 0. The number of carbonyl (C=O) groups excluding carboxylic acids is 1. The lowest BCUT2D eigenvalue weighted by atomic mass is 10.3. The minimum absolute atomic E-state index is 0.220. The molecule has 0 amide bonds. The van der Waals surface area contributed by atoms with Gasteiger partial charge in [-0.3, -0.25) is 4.79 Å². The Morgan fingerprint density at radius 1 is 1.53 bits per heavy atom. The fourth-order valence-electron chi connectivity index (χ4n) is 1.79. The van der Waals surface area contributed by atoms with E-state index in [0.717, 1.165) is 19.1 Å². The van der Waals surface area contributed by atoms with E-state index in [9.17, 15) is 4.79 Å². The van der Waals surface area contributed by atoms with E-state index >= 15 is 0 Å². The summed E-state index contributed by atoms with van der Waals surface area (Å²) in [6, 6.07) is 0.442. The van der Waals surface area contributed by atoms with Crippen LogP contribution in [0.25, 0.3) is 0 Å². The van der Waals surface area contributed by atoms with Crippen LogP contribution < -0.4 is 4.90 Å². The molecule has 0 spiro atoms. The molecule has 1 aliphatic carbocycles. The molecule has 0 unspecified atom stereocenters. The molecular weight excluding hydrogens is 238 g/mol. The van der Waals surface area contributed by atoms with E-state index in [2.05, 4.69) is 21.4 Å². The summed E-state index contributed by atoms with van der Waals surface area (Å²) < 4.78 is 0. The third-order valence-electron chi connectivity index (χ3n) is 2.69. The molecule has 1 aromatic rings. The number of aromatic nitrogens is 2. The number of aryl methyl sites for hydroxylation is 1. The van der Waals surface area contributed by atoms with Crippen molar-refractivity contribution in [3.8, 4) is 0 Å². The lowest BCUT2D eigenvalue weighted by Crippen LogP contribution is -2.28. The summed E-state index contributed by atoms with van der Waals surface area (Å²) >= 11 is 5.97. The normalized spacial score (nSPS) is 14.5. The molecule has 5 heteroatoms. The molecule has 0 aliphatic heterocycles. The van der Waals surface area contributed by atoms with Crippen molar-refractivity contribution in [2.24, 2.45) is 0 Å². The van der Waals surface area contributed by atoms with Crippen LogP contribution in [0.5, 0.6) is 0 Å². The zero-order valence-electron chi connectivity index (χ0n) is 9.69. The van der Waals surface area contributed by atoms with E-state index in [-0.39, 0.29) is 5.15 Å². The quantitative estimate of drug-likeness (QED) is 0.458. The second-order valence-electron chi connectivity index (χ2n) is 4.09. The minimum Gasteiger partial charge on any atom is -0.349 e. The van der Waals surface area contributed by atoms with E-state index in [1.165, 1.54) is 0 Å². The Morgan fingerprint density at radius 2 is 2.24 bits per heavy atom. The third-order valence-corrected chi connectivity index (χ3v) is 2.98. The Labute approximate surface area is 105 Å².